The third-order valence-electron chi connectivity index (χ3n) is 3.80. The predicted molar refractivity (Wildman–Crippen MR) is 82.3 cm³/mol. The topological polar surface area (TPSA) is 54.6 Å². The van der Waals surface area contributed by atoms with Crippen molar-refractivity contribution in [2.24, 2.45) is 0 Å². The van der Waals surface area contributed by atoms with Gasteiger partial charge in [0.2, 0.25) is 0 Å². The number of benzene rings is 1. The molecule has 1 aliphatic rings. The summed E-state index contributed by atoms with van der Waals surface area (Å²) >= 11 is 7.62. The van der Waals surface area contributed by atoms with Crippen LogP contribution in [0.5, 0.6) is 0 Å². The van der Waals surface area contributed by atoms with Crippen molar-refractivity contribution in [1.82, 2.24) is 9.38 Å². The standard InChI is InChI=1S/C15H11ClN2O2S/c16-9-1-3-11-8(5-9)6-12-14(11)17-15-18(12)10(7-21-15)2-4-13(19)20/h1,3,5,7H,2,4,6H2,(H,19,20). The molecule has 0 amide bonds. The molecule has 1 N–H and O–H groups in total. The minimum atomic E-state index is -0.777. The van der Waals surface area contributed by atoms with E-state index in [0.717, 1.165) is 39.0 Å². The van der Waals surface area contributed by atoms with Crippen molar-refractivity contribution in [3.8, 4) is 11.3 Å². The van der Waals surface area contributed by atoms with E-state index in [9.17, 15) is 4.79 Å². The molecule has 0 atom stereocenters. The number of imidazole rings is 1. The first kappa shape index (κ1) is 12.9. The van der Waals surface area contributed by atoms with Crippen LogP contribution in [-0.4, -0.2) is 20.5 Å². The van der Waals surface area contributed by atoms with E-state index in [4.69, 9.17) is 21.7 Å². The van der Waals surface area contributed by atoms with Crippen LogP contribution in [0.3, 0.4) is 0 Å². The zero-order chi connectivity index (χ0) is 14.6. The van der Waals surface area contributed by atoms with Crippen molar-refractivity contribution in [2.45, 2.75) is 19.3 Å². The molecule has 0 radical (unpaired) electrons. The molecular weight excluding hydrogens is 308 g/mol. The van der Waals surface area contributed by atoms with E-state index in [2.05, 4.69) is 4.40 Å². The lowest BCUT2D eigenvalue weighted by atomic mass is 10.1. The molecule has 0 aliphatic heterocycles. The van der Waals surface area contributed by atoms with Crippen LogP contribution in [0.25, 0.3) is 16.2 Å². The maximum Gasteiger partial charge on any atom is 0.303 e. The number of carboxylic acid groups (broad SMARTS) is 1. The molecule has 4 nitrogen and oxygen atoms in total. The Morgan fingerprint density at radius 1 is 1.48 bits per heavy atom. The number of aliphatic carboxylic acids is 1. The maximum atomic E-state index is 10.8. The maximum absolute atomic E-state index is 10.8. The van der Waals surface area contributed by atoms with Gasteiger partial charge in [0, 0.05) is 28.1 Å². The highest BCUT2D eigenvalue weighted by Crippen LogP contribution is 2.39. The van der Waals surface area contributed by atoms with E-state index in [-0.39, 0.29) is 6.42 Å². The first-order valence-electron chi connectivity index (χ1n) is 6.62. The molecule has 21 heavy (non-hydrogen) atoms. The van der Waals surface area contributed by atoms with Gasteiger partial charge in [-0.05, 0) is 24.1 Å². The Morgan fingerprint density at radius 3 is 3.14 bits per heavy atom. The third kappa shape index (κ3) is 1.96. The van der Waals surface area contributed by atoms with Gasteiger partial charge in [0.1, 0.15) is 0 Å². The van der Waals surface area contributed by atoms with Crippen LogP contribution in [0.2, 0.25) is 5.02 Å². The molecule has 106 valence electrons. The van der Waals surface area contributed by atoms with Gasteiger partial charge in [0.25, 0.3) is 0 Å². The van der Waals surface area contributed by atoms with Crippen LogP contribution in [0, 0.1) is 0 Å². The smallest absolute Gasteiger partial charge is 0.303 e. The molecule has 2 heterocycles. The summed E-state index contributed by atoms with van der Waals surface area (Å²) < 4.78 is 2.11. The first-order valence-corrected chi connectivity index (χ1v) is 7.87. The second-order valence-electron chi connectivity index (χ2n) is 5.12. The van der Waals surface area contributed by atoms with E-state index < -0.39 is 5.97 Å². The number of hydrogen-bond donors (Lipinski definition) is 1. The third-order valence-corrected chi connectivity index (χ3v) is 4.91. The van der Waals surface area contributed by atoms with E-state index >= 15 is 0 Å². The van der Waals surface area contributed by atoms with E-state index in [1.54, 1.807) is 11.3 Å². The fourth-order valence-corrected chi connectivity index (χ4v) is 4.02. The number of nitrogens with zero attached hydrogens (tertiary/aromatic N) is 2. The Morgan fingerprint density at radius 2 is 2.33 bits per heavy atom. The van der Waals surface area contributed by atoms with E-state index in [0.29, 0.717) is 6.42 Å². The largest absolute Gasteiger partial charge is 0.481 e. The highest BCUT2D eigenvalue weighted by molar-refractivity contribution is 7.15. The van der Waals surface area contributed by atoms with Gasteiger partial charge in [-0.1, -0.05) is 17.7 Å². The summed E-state index contributed by atoms with van der Waals surface area (Å²) in [4.78, 5) is 16.4. The second kappa shape index (κ2) is 4.58. The molecule has 0 bridgehead atoms. The van der Waals surface area contributed by atoms with Crippen LogP contribution in [0.15, 0.2) is 23.6 Å². The first-order chi connectivity index (χ1) is 10.1. The molecule has 1 aromatic carbocycles. The SMILES string of the molecule is O=C(O)CCc1csc2nc3c(n12)Cc1cc(Cl)ccc1-3. The number of thiazole rings is 1. The molecule has 4 rings (SSSR count). The zero-order valence-electron chi connectivity index (χ0n) is 11.0. The fraction of sp³-hybridized carbons (Fsp3) is 0.200. The van der Waals surface area contributed by atoms with Gasteiger partial charge in [0.05, 0.1) is 17.8 Å². The quantitative estimate of drug-likeness (QED) is 0.627. The Kier molecular flexibility index (Phi) is 2.80. The minimum absolute atomic E-state index is 0.136. The summed E-state index contributed by atoms with van der Waals surface area (Å²) in [5.74, 6) is -0.777. The van der Waals surface area contributed by atoms with Crippen molar-refractivity contribution in [1.29, 1.82) is 0 Å². The van der Waals surface area contributed by atoms with Crippen LogP contribution in [0.1, 0.15) is 23.4 Å². The highest BCUT2D eigenvalue weighted by Gasteiger charge is 2.26. The number of halogens is 1. The van der Waals surface area contributed by atoms with Crippen molar-refractivity contribution in [3.05, 3.63) is 45.6 Å². The molecule has 3 aromatic rings. The molecule has 0 unspecified atom stereocenters. The predicted octanol–water partition coefficient (Wildman–Crippen LogP) is 3.64. The molecular formula is C15H11ClN2O2S. The Hall–Kier alpha value is -1.85. The van der Waals surface area contributed by atoms with E-state index in [1.807, 2.05) is 23.6 Å². The number of fused-ring (bicyclic) bond motifs is 5. The normalized spacial score (nSPS) is 12.6. The molecule has 6 heteroatoms. The summed E-state index contributed by atoms with van der Waals surface area (Å²) in [5, 5.41) is 11.6. The van der Waals surface area contributed by atoms with Crippen LogP contribution in [0.4, 0.5) is 0 Å². The van der Waals surface area contributed by atoms with E-state index in [1.165, 1.54) is 5.56 Å². The minimum Gasteiger partial charge on any atom is -0.481 e. The average Bonchev–Trinajstić information content (AvgIpc) is 3.05. The lowest BCUT2D eigenvalue weighted by Crippen LogP contribution is -2.01. The van der Waals surface area contributed by atoms with Gasteiger partial charge < -0.3 is 5.11 Å². The van der Waals surface area contributed by atoms with Crippen LogP contribution < -0.4 is 0 Å². The summed E-state index contributed by atoms with van der Waals surface area (Å²) in [5.41, 5.74) is 5.48. The van der Waals surface area contributed by atoms with Crippen molar-refractivity contribution >= 4 is 33.9 Å². The van der Waals surface area contributed by atoms with Gasteiger partial charge in [-0.25, -0.2) is 4.98 Å². The number of carbonyl (C=O) groups is 1. The Balaban J connectivity index is 1.83. The van der Waals surface area contributed by atoms with Gasteiger partial charge in [-0.2, -0.15) is 0 Å². The fourth-order valence-electron chi connectivity index (χ4n) is 2.88. The Labute approximate surface area is 129 Å². The molecule has 2 aromatic heterocycles. The monoisotopic (exact) mass is 318 g/mol. The zero-order valence-corrected chi connectivity index (χ0v) is 12.5. The van der Waals surface area contributed by atoms with Crippen LogP contribution in [-0.2, 0) is 17.6 Å². The lowest BCUT2D eigenvalue weighted by molar-refractivity contribution is -0.136. The molecule has 0 spiro atoms. The van der Waals surface area contributed by atoms with Crippen molar-refractivity contribution in [2.75, 3.05) is 0 Å². The average molecular weight is 319 g/mol. The van der Waals surface area contributed by atoms with Gasteiger partial charge >= 0.3 is 5.97 Å². The summed E-state index contributed by atoms with van der Waals surface area (Å²) in [6.45, 7) is 0. The summed E-state index contributed by atoms with van der Waals surface area (Å²) in [7, 11) is 0. The highest BCUT2D eigenvalue weighted by atomic mass is 35.5. The lowest BCUT2D eigenvalue weighted by Gasteiger charge is -2.01. The number of carboxylic acids is 1. The van der Waals surface area contributed by atoms with Crippen molar-refractivity contribution < 1.29 is 9.90 Å². The molecule has 0 fully saturated rings. The molecule has 1 aliphatic carbocycles. The number of aromatic nitrogens is 2. The molecule has 0 saturated carbocycles. The van der Waals surface area contributed by atoms with Gasteiger partial charge in [-0.15, -0.1) is 11.3 Å². The van der Waals surface area contributed by atoms with Gasteiger partial charge in [0.15, 0.2) is 4.96 Å². The molecule has 0 saturated heterocycles. The number of hydrogen-bond acceptors (Lipinski definition) is 3. The summed E-state index contributed by atoms with van der Waals surface area (Å²) in [6, 6.07) is 5.88. The number of aryl methyl sites for hydroxylation is 1. The van der Waals surface area contributed by atoms with Crippen LogP contribution >= 0.6 is 22.9 Å². The van der Waals surface area contributed by atoms with Gasteiger partial charge in [-0.3, -0.25) is 9.20 Å². The second-order valence-corrected chi connectivity index (χ2v) is 6.40. The number of rotatable bonds is 3. The Bertz CT molecular complexity index is 881. The summed E-state index contributed by atoms with van der Waals surface area (Å²) in [6.07, 6.45) is 1.45. The van der Waals surface area contributed by atoms with Crippen molar-refractivity contribution in [3.63, 3.8) is 0 Å².